The number of halogens is 1. The fourth-order valence-corrected chi connectivity index (χ4v) is 1.82. The molecule has 110 valence electrons. The van der Waals surface area contributed by atoms with E-state index in [1.54, 1.807) is 24.3 Å². The van der Waals surface area contributed by atoms with E-state index in [9.17, 15) is 14.4 Å². The van der Waals surface area contributed by atoms with Crippen LogP contribution in [0.2, 0.25) is 5.02 Å². The summed E-state index contributed by atoms with van der Waals surface area (Å²) in [5.41, 5.74) is -1.08. The molecule has 21 heavy (non-hydrogen) atoms. The Balaban J connectivity index is 2.05. The average Bonchev–Trinajstić information content (AvgIpc) is 2.42. The monoisotopic (exact) mass is 309 g/mol. The van der Waals surface area contributed by atoms with Crippen molar-refractivity contribution in [1.29, 1.82) is 0 Å². The quantitative estimate of drug-likeness (QED) is 0.785. The topological polar surface area (TPSA) is 104 Å². The SMILES string of the molecule is Cc1[nH]c(=O)[nH]c(=O)c1NC(=O)COc1ccccc1Cl. The van der Waals surface area contributed by atoms with E-state index in [1.165, 1.54) is 6.92 Å². The molecule has 0 fully saturated rings. The van der Waals surface area contributed by atoms with Crippen LogP contribution < -0.4 is 21.3 Å². The summed E-state index contributed by atoms with van der Waals surface area (Å²) < 4.78 is 5.25. The number of amides is 1. The predicted octanol–water partition coefficient (Wildman–Crippen LogP) is 1.04. The molecule has 0 aliphatic rings. The molecule has 0 radical (unpaired) electrons. The summed E-state index contributed by atoms with van der Waals surface area (Å²) in [7, 11) is 0. The van der Waals surface area contributed by atoms with Crippen LogP contribution in [0.5, 0.6) is 5.75 Å². The van der Waals surface area contributed by atoms with Gasteiger partial charge in [0.25, 0.3) is 11.5 Å². The number of nitrogens with one attached hydrogen (secondary N) is 3. The summed E-state index contributed by atoms with van der Waals surface area (Å²) in [6, 6.07) is 6.70. The highest BCUT2D eigenvalue weighted by Crippen LogP contribution is 2.22. The summed E-state index contributed by atoms with van der Waals surface area (Å²) in [5, 5.41) is 2.75. The number of benzene rings is 1. The highest BCUT2D eigenvalue weighted by Gasteiger charge is 2.11. The van der Waals surface area contributed by atoms with Gasteiger partial charge in [-0.2, -0.15) is 0 Å². The molecule has 1 amide bonds. The third-order valence-corrected chi connectivity index (χ3v) is 2.90. The molecule has 1 aromatic carbocycles. The Labute approximate surface area is 123 Å². The second-order valence-corrected chi connectivity index (χ2v) is 4.58. The zero-order valence-electron chi connectivity index (χ0n) is 11.0. The lowest BCUT2D eigenvalue weighted by molar-refractivity contribution is -0.118. The van der Waals surface area contributed by atoms with Gasteiger partial charge < -0.3 is 15.0 Å². The summed E-state index contributed by atoms with van der Waals surface area (Å²) >= 11 is 5.88. The molecular weight excluding hydrogens is 298 g/mol. The Morgan fingerprint density at radius 3 is 2.67 bits per heavy atom. The van der Waals surface area contributed by atoms with Crippen LogP contribution in [-0.4, -0.2) is 22.5 Å². The van der Waals surface area contributed by atoms with Crippen molar-refractivity contribution >= 4 is 23.2 Å². The molecular formula is C13H12ClN3O4. The van der Waals surface area contributed by atoms with Gasteiger partial charge in [-0.05, 0) is 19.1 Å². The van der Waals surface area contributed by atoms with Gasteiger partial charge in [-0.25, -0.2) is 4.79 Å². The zero-order valence-corrected chi connectivity index (χ0v) is 11.8. The van der Waals surface area contributed by atoms with Gasteiger partial charge in [-0.15, -0.1) is 0 Å². The number of carbonyl (C=O) groups is 1. The maximum absolute atomic E-state index is 11.8. The van der Waals surface area contributed by atoms with Crippen molar-refractivity contribution in [3.05, 3.63) is 55.8 Å². The molecule has 0 spiro atoms. The summed E-state index contributed by atoms with van der Waals surface area (Å²) in [4.78, 5) is 38.8. The van der Waals surface area contributed by atoms with Crippen molar-refractivity contribution in [3.8, 4) is 5.75 Å². The zero-order chi connectivity index (χ0) is 15.4. The molecule has 2 aromatic rings. The summed E-state index contributed by atoms with van der Waals surface area (Å²) in [6.07, 6.45) is 0. The van der Waals surface area contributed by atoms with E-state index in [0.29, 0.717) is 10.8 Å². The number of hydrogen-bond acceptors (Lipinski definition) is 4. The smallest absolute Gasteiger partial charge is 0.326 e. The number of aromatic nitrogens is 2. The van der Waals surface area contributed by atoms with Crippen molar-refractivity contribution < 1.29 is 9.53 Å². The van der Waals surface area contributed by atoms with Crippen molar-refractivity contribution in [3.63, 3.8) is 0 Å². The lowest BCUT2D eigenvalue weighted by atomic mass is 10.3. The van der Waals surface area contributed by atoms with Gasteiger partial charge in [-0.1, -0.05) is 23.7 Å². The lowest BCUT2D eigenvalue weighted by Crippen LogP contribution is -2.30. The van der Waals surface area contributed by atoms with Gasteiger partial charge in [0.05, 0.1) is 5.02 Å². The molecule has 0 atom stereocenters. The summed E-state index contributed by atoms with van der Waals surface area (Å²) in [6.45, 7) is 1.18. The number of anilines is 1. The predicted molar refractivity (Wildman–Crippen MR) is 78.0 cm³/mol. The average molecular weight is 310 g/mol. The Bertz CT molecular complexity index is 781. The molecule has 7 nitrogen and oxygen atoms in total. The first-order valence-corrected chi connectivity index (χ1v) is 6.35. The highest BCUT2D eigenvalue weighted by atomic mass is 35.5. The molecule has 1 heterocycles. The van der Waals surface area contributed by atoms with Crippen LogP contribution in [0.25, 0.3) is 0 Å². The van der Waals surface area contributed by atoms with E-state index in [-0.39, 0.29) is 18.0 Å². The largest absolute Gasteiger partial charge is 0.482 e. The van der Waals surface area contributed by atoms with E-state index < -0.39 is 17.2 Å². The van der Waals surface area contributed by atoms with Crippen molar-refractivity contribution in [1.82, 2.24) is 9.97 Å². The third kappa shape index (κ3) is 3.73. The standard InChI is InChI=1S/C13H12ClN3O4/c1-7-11(12(19)17-13(20)15-7)16-10(18)6-21-9-5-3-2-4-8(9)14/h2-5H,6H2,1H3,(H,16,18)(H2,15,17,19,20). The van der Waals surface area contributed by atoms with Gasteiger partial charge in [0, 0.05) is 5.69 Å². The van der Waals surface area contributed by atoms with Gasteiger partial charge >= 0.3 is 5.69 Å². The van der Waals surface area contributed by atoms with Gasteiger partial charge in [0.15, 0.2) is 6.61 Å². The number of para-hydroxylation sites is 1. The molecule has 3 N–H and O–H groups in total. The minimum Gasteiger partial charge on any atom is -0.482 e. The molecule has 0 aliphatic carbocycles. The van der Waals surface area contributed by atoms with Crippen LogP contribution >= 0.6 is 11.6 Å². The van der Waals surface area contributed by atoms with E-state index in [4.69, 9.17) is 16.3 Å². The molecule has 2 rings (SSSR count). The summed E-state index contributed by atoms with van der Waals surface area (Å²) in [5.74, 6) is -0.183. The van der Waals surface area contributed by atoms with E-state index in [1.807, 2.05) is 4.98 Å². The number of ether oxygens (including phenoxy) is 1. The first-order valence-electron chi connectivity index (χ1n) is 5.98. The van der Waals surface area contributed by atoms with Gasteiger partial charge in [0.1, 0.15) is 11.4 Å². The fourth-order valence-electron chi connectivity index (χ4n) is 1.63. The van der Waals surface area contributed by atoms with Crippen molar-refractivity contribution in [2.24, 2.45) is 0 Å². The minimum absolute atomic E-state index is 0.0256. The van der Waals surface area contributed by atoms with Crippen LogP contribution in [0, 0.1) is 6.92 Å². The third-order valence-electron chi connectivity index (χ3n) is 2.59. The maximum Gasteiger partial charge on any atom is 0.326 e. The number of aromatic amines is 2. The second kappa shape index (κ2) is 6.27. The van der Waals surface area contributed by atoms with Gasteiger partial charge in [0.2, 0.25) is 0 Å². The molecule has 0 saturated carbocycles. The molecule has 1 aromatic heterocycles. The highest BCUT2D eigenvalue weighted by molar-refractivity contribution is 6.32. The molecule has 8 heteroatoms. The number of aryl methyl sites for hydroxylation is 1. The second-order valence-electron chi connectivity index (χ2n) is 4.18. The minimum atomic E-state index is -0.678. The van der Waals surface area contributed by atoms with E-state index in [2.05, 4.69) is 10.3 Å². The van der Waals surface area contributed by atoms with Crippen LogP contribution in [0.15, 0.2) is 33.9 Å². The number of rotatable bonds is 4. The Kier molecular flexibility index (Phi) is 4.44. The van der Waals surface area contributed by atoms with Gasteiger partial charge in [-0.3, -0.25) is 14.6 Å². The number of hydrogen-bond donors (Lipinski definition) is 3. The molecule has 0 aliphatic heterocycles. The van der Waals surface area contributed by atoms with Crippen LogP contribution in [0.3, 0.4) is 0 Å². The Morgan fingerprint density at radius 1 is 1.29 bits per heavy atom. The van der Waals surface area contributed by atoms with E-state index >= 15 is 0 Å². The first-order chi connectivity index (χ1) is 9.97. The van der Waals surface area contributed by atoms with Crippen molar-refractivity contribution in [2.45, 2.75) is 6.92 Å². The Morgan fingerprint density at radius 2 is 2.00 bits per heavy atom. The fraction of sp³-hybridized carbons (Fsp3) is 0.154. The molecule has 0 bridgehead atoms. The number of carbonyl (C=O) groups excluding carboxylic acids is 1. The molecule has 0 unspecified atom stereocenters. The Hall–Kier alpha value is -2.54. The molecule has 0 saturated heterocycles. The normalized spacial score (nSPS) is 10.2. The number of H-pyrrole nitrogens is 2. The van der Waals surface area contributed by atoms with Crippen molar-refractivity contribution in [2.75, 3.05) is 11.9 Å². The van der Waals surface area contributed by atoms with E-state index in [0.717, 1.165) is 0 Å². The lowest BCUT2D eigenvalue weighted by Gasteiger charge is -2.09. The van der Waals surface area contributed by atoms with Crippen LogP contribution in [0.4, 0.5) is 5.69 Å². The maximum atomic E-state index is 11.8. The van der Waals surface area contributed by atoms with Crippen LogP contribution in [0.1, 0.15) is 5.69 Å². The first kappa shape index (κ1) is 14.9. The van der Waals surface area contributed by atoms with Crippen LogP contribution in [-0.2, 0) is 4.79 Å².